The summed E-state index contributed by atoms with van der Waals surface area (Å²) in [5.41, 5.74) is 0. The summed E-state index contributed by atoms with van der Waals surface area (Å²) >= 11 is 0. The first-order valence-electron chi connectivity index (χ1n) is 5.87. The molecule has 0 heterocycles. The van der Waals surface area contributed by atoms with Crippen LogP contribution in [0.1, 0.15) is 39.5 Å². The molecular formula is C11H23NO2S. The largest absolute Gasteiger partial charge is 0.313 e. The average molecular weight is 233 g/mol. The lowest BCUT2D eigenvalue weighted by molar-refractivity contribution is 0.259. The van der Waals surface area contributed by atoms with Crippen molar-refractivity contribution in [1.82, 2.24) is 5.32 Å². The lowest BCUT2D eigenvalue weighted by Crippen LogP contribution is -2.44. The molecule has 0 radical (unpaired) electrons. The van der Waals surface area contributed by atoms with Gasteiger partial charge in [-0.15, -0.1) is 0 Å². The van der Waals surface area contributed by atoms with Crippen LogP contribution in [-0.2, 0) is 9.84 Å². The molecule has 15 heavy (non-hydrogen) atoms. The molecule has 3 nitrogen and oxygen atoms in total. The molecule has 1 rings (SSSR count). The molecule has 2 unspecified atom stereocenters. The van der Waals surface area contributed by atoms with Gasteiger partial charge in [0.25, 0.3) is 0 Å². The van der Waals surface area contributed by atoms with Crippen LogP contribution in [0.3, 0.4) is 0 Å². The third kappa shape index (κ3) is 3.76. The van der Waals surface area contributed by atoms with Crippen molar-refractivity contribution in [2.75, 3.05) is 12.8 Å². The van der Waals surface area contributed by atoms with Crippen molar-refractivity contribution in [2.45, 2.75) is 50.8 Å². The van der Waals surface area contributed by atoms with Crippen LogP contribution in [0, 0.1) is 5.92 Å². The Kier molecular flexibility index (Phi) is 4.59. The molecular weight excluding hydrogens is 210 g/mol. The molecule has 1 N–H and O–H groups in total. The first-order valence-corrected chi connectivity index (χ1v) is 7.82. The molecule has 90 valence electrons. The Morgan fingerprint density at radius 1 is 1.40 bits per heavy atom. The van der Waals surface area contributed by atoms with E-state index in [0.717, 1.165) is 18.9 Å². The standard InChI is InChI=1S/C11H23NO2S/c1-4-12-11(8-10-6-5-7-10)9(2)15(3,13)14/h9-12H,4-8H2,1-3H3. The van der Waals surface area contributed by atoms with Gasteiger partial charge in [0.1, 0.15) is 0 Å². The van der Waals surface area contributed by atoms with Gasteiger partial charge in [-0.25, -0.2) is 8.42 Å². The molecule has 0 spiro atoms. The van der Waals surface area contributed by atoms with Crippen LogP contribution >= 0.6 is 0 Å². The SMILES string of the molecule is CCNC(CC1CCC1)C(C)S(C)(=O)=O. The zero-order chi connectivity index (χ0) is 11.5. The fourth-order valence-corrected chi connectivity index (χ4v) is 2.89. The molecule has 0 aromatic rings. The van der Waals surface area contributed by atoms with Gasteiger partial charge in [0.2, 0.25) is 0 Å². The van der Waals surface area contributed by atoms with Crippen molar-refractivity contribution in [3.8, 4) is 0 Å². The number of nitrogens with one attached hydrogen (secondary N) is 1. The summed E-state index contributed by atoms with van der Waals surface area (Å²) in [7, 11) is -2.92. The highest BCUT2D eigenvalue weighted by atomic mass is 32.2. The summed E-state index contributed by atoms with van der Waals surface area (Å²) in [6, 6.07) is 0.135. The smallest absolute Gasteiger partial charge is 0.151 e. The van der Waals surface area contributed by atoms with E-state index in [-0.39, 0.29) is 11.3 Å². The molecule has 0 amide bonds. The van der Waals surface area contributed by atoms with Crippen molar-refractivity contribution in [3.05, 3.63) is 0 Å². The molecule has 1 aliphatic carbocycles. The van der Waals surface area contributed by atoms with Gasteiger partial charge in [0.05, 0.1) is 5.25 Å². The fourth-order valence-electron chi connectivity index (χ4n) is 2.09. The van der Waals surface area contributed by atoms with E-state index in [2.05, 4.69) is 5.32 Å². The Balaban J connectivity index is 2.55. The number of rotatable bonds is 6. The van der Waals surface area contributed by atoms with Crippen molar-refractivity contribution in [3.63, 3.8) is 0 Å². The molecule has 0 aromatic carbocycles. The van der Waals surface area contributed by atoms with Crippen LogP contribution in [0.5, 0.6) is 0 Å². The van der Waals surface area contributed by atoms with Gasteiger partial charge in [-0.1, -0.05) is 26.2 Å². The van der Waals surface area contributed by atoms with E-state index in [1.165, 1.54) is 25.5 Å². The summed E-state index contributed by atoms with van der Waals surface area (Å²) in [5, 5.41) is 3.04. The maximum atomic E-state index is 11.5. The molecule has 0 aliphatic heterocycles. The van der Waals surface area contributed by atoms with Crippen LogP contribution < -0.4 is 5.32 Å². The molecule has 4 heteroatoms. The third-order valence-corrected chi connectivity index (χ3v) is 5.20. The molecule has 0 bridgehead atoms. The summed E-state index contributed by atoms with van der Waals surface area (Å²) in [5.74, 6) is 0.748. The van der Waals surface area contributed by atoms with Gasteiger partial charge in [-0.3, -0.25) is 0 Å². The molecule has 2 atom stereocenters. The highest BCUT2D eigenvalue weighted by Crippen LogP contribution is 2.31. The maximum absolute atomic E-state index is 11.5. The monoisotopic (exact) mass is 233 g/mol. The second-order valence-electron chi connectivity index (χ2n) is 4.73. The molecule has 1 fully saturated rings. The summed E-state index contributed by atoms with van der Waals surface area (Å²) in [6.45, 7) is 4.70. The highest BCUT2D eigenvalue weighted by molar-refractivity contribution is 7.91. The summed E-state index contributed by atoms with van der Waals surface area (Å²) < 4.78 is 23.0. The quantitative estimate of drug-likeness (QED) is 0.758. The Morgan fingerprint density at radius 2 is 2.00 bits per heavy atom. The lowest BCUT2D eigenvalue weighted by atomic mass is 9.80. The van der Waals surface area contributed by atoms with Crippen LogP contribution in [0.4, 0.5) is 0 Å². The minimum atomic E-state index is -2.92. The predicted molar refractivity (Wildman–Crippen MR) is 63.7 cm³/mol. The van der Waals surface area contributed by atoms with Gasteiger partial charge in [0, 0.05) is 12.3 Å². The van der Waals surface area contributed by atoms with E-state index < -0.39 is 9.84 Å². The fraction of sp³-hybridized carbons (Fsp3) is 1.00. The van der Waals surface area contributed by atoms with E-state index in [0.29, 0.717) is 0 Å². The summed E-state index contributed by atoms with van der Waals surface area (Å²) in [6.07, 6.45) is 6.22. The van der Waals surface area contributed by atoms with Crippen molar-refractivity contribution < 1.29 is 8.42 Å². The highest BCUT2D eigenvalue weighted by Gasteiger charge is 2.29. The second-order valence-corrected chi connectivity index (χ2v) is 7.13. The predicted octanol–water partition coefficient (Wildman–Crippen LogP) is 1.59. The van der Waals surface area contributed by atoms with Crippen LogP contribution in [0.25, 0.3) is 0 Å². The molecule has 0 saturated heterocycles. The maximum Gasteiger partial charge on any atom is 0.151 e. The lowest BCUT2D eigenvalue weighted by Gasteiger charge is -2.32. The van der Waals surface area contributed by atoms with E-state index in [1.807, 2.05) is 13.8 Å². The van der Waals surface area contributed by atoms with E-state index >= 15 is 0 Å². The van der Waals surface area contributed by atoms with E-state index in [9.17, 15) is 8.42 Å². The molecule has 0 aromatic heterocycles. The third-order valence-electron chi connectivity index (χ3n) is 3.52. The average Bonchev–Trinajstić information content (AvgIpc) is 2.06. The van der Waals surface area contributed by atoms with E-state index in [4.69, 9.17) is 0 Å². The topological polar surface area (TPSA) is 46.2 Å². The van der Waals surface area contributed by atoms with Gasteiger partial charge in [-0.05, 0) is 25.8 Å². The summed E-state index contributed by atoms with van der Waals surface area (Å²) in [4.78, 5) is 0. The van der Waals surface area contributed by atoms with Gasteiger partial charge in [0.15, 0.2) is 9.84 Å². The number of hydrogen-bond acceptors (Lipinski definition) is 3. The minimum Gasteiger partial charge on any atom is -0.313 e. The molecule has 1 aliphatic rings. The Labute approximate surface area is 93.6 Å². The van der Waals surface area contributed by atoms with Gasteiger partial charge in [-0.2, -0.15) is 0 Å². The second kappa shape index (κ2) is 5.30. The normalized spacial score (nSPS) is 22.1. The minimum absolute atomic E-state index is 0.135. The van der Waals surface area contributed by atoms with Crippen LogP contribution in [0.15, 0.2) is 0 Å². The zero-order valence-corrected chi connectivity index (χ0v) is 10.8. The van der Waals surface area contributed by atoms with Crippen molar-refractivity contribution in [2.24, 2.45) is 5.92 Å². The first-order chi connectivity index (χ1) is 6.95. The Morgan fingerprint density at radius 3 is 2.33 bits per heavy atom. The number of hydrogen-bond donors (Lipinski definition) is 1. The Hall–Kier alpha value is -0.0900. The van der Waals surface area contributed by atoms with Crippen molar-refractivity contribution >= 4 is 9.84 Å². The van der Waals surface area contributed by atoms with Crippen LogP contribution in [0.2, 0.25) is 0 Å². The van der Waals surface area contributed by atoms with Crippen LogP contribution in [-0.4, -0.2) is 32.5 Å². The van der Waals surface area contributed by atoms with Gasteiger partial charge < -0.3 is 5.32 Å². The molecule has 1 saturated carbocycles. The van der Waals surface area contributed by atoms with E-state index in [1.54, 1.807) is 0 Å². The Bertz CT molecular complexity index is 283. The van der Waals surface area contributed by atoms with Gasteiger partial charge >= 0.3 is 0 Å². The number of sulfone groups is 1. The van der Waals surface area contributed by atoms with Crippen molar-refractivity contribution in [1.29, 1.82) is 0 Å². The first kappa shape index (κ1) is 13.0. The zero-order valence-electron chi connectivity index (χ0n) is 9.99.